The normalized spacial score (nSPS) is 22.8. The molecule has 2 fully saturated rings. The van der Waals surface area contributed by atoms with Crippen molar-refractivity contribution in [3.8, 4) is 6.01 Å². The van der Waals surface area contributed by atoms with Crippen molar-refractivity contribution >= 4 is 49.9 Å². The minimum atomic E-state index is -0.202. The summed E-state index contributed by atoms with van der Waals surface area (Å²) in [7, 11) is 2.14. The van der Waals surface area contributed by atoms with Crippen LogP contribution in [0.15, 0.2) is 54.7 Å². The van der Waals surface area contributed by atoms with E-state index >= 15 is 0 Å². The second-order valence-electron chi connectivity index (χ2n) is 11.7. The first-order valence-corrected chi connectivity index (χ1v) is 16.7. The van der Waals surface area contributed by atoms with Gasteiger partial charge in [-0.25, -0.2) is 11.6 Å². The van der Waals surface area contributed by atoms with Crippen molar-refractivity contribution in [3.05, 3.63) is 82.4 Å². The number of amides is 1. The number of hydrogen-bond donors (Lipinski definition) is 0. The van der Waals surface area contributed by atoms with Crippen molar-refractivity contribution in [2.24, 2.45) is 0 Å². The number of alkyl halides is 1. The molecule has 44 heavy (non-hydrogen) atoms. The van der Waals surface area contributed by atoms with E-state index in [2.05, 4.69) is 71.8 Å². The van der Waals surface area contributed by atoms with E-state index in [4.69, 9.17) is 27.9 Å². The summed E-state index contributed by atoms with van der Waals surface area (Å²) >= 11 is 10.1. The van der Waals surface area contributed by atoms with Gasteiger partial charge in [0.05, 0.1) is 23.3 Å². The molecule has 1 unspecified atom stereocenters. The number of carbonyl (C=O) groups is 1. The fourth-order valence-corrected chi connectivity index (χ4v) is 7.25. The van der Waals surface area contributed by atoms with Gasteiger partial charge in [0.15, 0.2) is 0 Å². The molecule has 2 saturated heterocycles. The van der Waals surface area contributed by atoms with Crippen molar-refractivity contribution in [2.75, 3.05) is 63.2 Å². The van der Waals surface area contributed by atoms with Gasteiger partial charge < -0.3 is 24.3 Å². The molecule has 2 aromatic carbocycles. The molecule has 11 heteroatoms. The van der Waals surface area contributed by atoms with Gasteiger partial charge in [0.2, 0.25) is 12.5 Å². The largest absolute Gasteiger partial charge is 0.462 e. The number of rotatable bonds is 8. The van der Waals surface area contributed by atoms with Gasteiger partial charge in [-0.3, -0.25) is 9.69 Å². The van der Waals surface area contributed by atoms with E-state index in [0.717, 1.165) is 40.7 Å². The molecule has 6 rings (SSSR count). The van der Waals surface area contributed by atoms with E-state index < -0.39 is 0 Å². The summed E-state index contributed by atoms with van der Waals surface area (Å²) in [6.45, 7) is 12.6. The summed E-state index contributed by atoms with van der Waals surface area (Å²) in [5.41, 5.74) is 3.05. The average Bonchev–Trinajstić information content (AvgIpc) is 3.46. The Morgan fingerprint density at radius 1 is 1.18 bits per heavy atom. The predicted octanol–water partition coefficient (Wildman–Crippen LogP) is 5.20. The van der Waals surface area contributed by atoms with E-state index in [-0.39, 0.29) is 24.5 Å². The highest BCUT2D eigenvalue weighted by atomic mass is 79.9. The van der Waals surface area contributed by atoms with E-state index in [0.29, 0.717) is 61.7 Å². The monoisotopic (exact) mass is 677 g/mol. The Hall–Kier alpha value is -3.23. The number of likely N-dealkylation sites (tertiary alicyclic amines) is 1. The maximum atomic E-state index is 13.0. The second kappa shape index (κ2) is 13.8. The quantitative estimate of drug-likeness (QED) is 0.184. The third-order valence-electron chi connectivity index (χ3n) is 9.11. The third kappa shape index (κ3) is 6.43. The Labute approximate surface area is 272 Å². The highest BCUT2D eigenvalue weighted by molar-refractivity contribution is 9.09. The first kappa shape index (κ1) is 30.8. The van der Waals surface area contributed by atoms with Gasteiger partial charge >= 0.3 is 6.01 Å². The number of anilines is 1. The number of carbonyl (C=O) groups excluding carboxylic acids is 1. The molecule has 0 N–H and O–H groups in total. The highest BCUT2D eigenvalue weighted by Crippen LogP contribution is 2.39. The van der Waals surface area contributed by atoms with Crippen LogP contribution in [0.1, 0.15) is 30.1 Å². The van der Waals surface area contributed by atoms with Gasteiger partial charge in [0, 0.05) is 60.4 Å². The molecule has 3 aliphatic heterocycles. The highest BCUT2D eigenvalue weighted by Gasteiger charge is 2.39. The topological polar surface area (TPSA) is 69.4 Å². The molecule has 0 aliphatic carbocycles. The smallest absolute Gasteiger partial charge is 0.316 e. The fourth-order valence-electron chi connectivity index (χ4n) is 6.79. The minimum Gasteiger partial charge on any atom is -0.462 e. The van der Waals surface area contributed by atoms with Crippen LogP contribution in [0, 0.1) is 6.57 Å². The van der Waals surface area contributed by atoms with Crippen LogP contribution in [0.4, 0.5) is 5.69 Å². The van der Waals surface area contributed by atoms with Crippen LogP contribution in [-0.4, -0.2) is 101 Å². The van der Waals surface area contributed by atoms with E-state index in [1.807, 2.05) is 23.2 Å². The number of ether oxygens (including phenoxy) is 1. The Bertz CT molecular complexity index is 1570. The molecule has 3 atom stereocenters. The summed E-state index contributed by atoms with van der Waals surface area (Å²) in [5.74, 6) is -0.0492. The van der Waals surface area contributed by atoms with Crippen molar-refractivity contribution in [1.29, 1.82) is 0 Å². The van der Waals surface area contributed by atoms with Crippen LogP contribution in [0.25, 0.3) is 15.6 Å². The van der Waals surface area contributed by atoms with Crippen LogP contribution in [0.5, 0.6) is 6.01 Å². The van der Waals surface area contributed by atoms with Gasteiger partial charge in [-0.15, -0.1) is 0 Å². The molecule has 0 radical (unpaired) electrons. The second-order valence-corrected chi connectivity index (χ2v) is 12.8. The molecule has 3 aliphatic rings. The molecular formula is C33H37BrClN7O2. The van der Waals surface area contributed by atoms with Gasteiger partial charge in [0.1, 0.15) is 12.6 Å². The first-order valence-electron chi connectivity index (χ1n) is 15.2. The molecule has 1 amide bonds. The number of allylic oxidation sites excluding steroid dienone is 1. The van der Waals surface area contributed by atoms with Crippen LogP contribution in [-0.2, 0) is 11.3 Å². The Balaban J connectivity index is 1.32. The SMILES string of the molecule is [C-]#[N+]C[C@H]1CN(C2CN(c3cccc4cccc(Cl)c34)Cc3nc(OC[C@@H]4CCCN4C)ncc32)CCN1C(=O)/C=C/CBr. The number of nitrogens with zero attached hydrogens (tertiary/aromatic N) is 7. The summed E-state index contributed by atoms with van der Waals surface area (Å²) in [4.78, 5) is 35.2. The molecule has 230 valence electrons. The van der Waals surface area contributed by atoms with Gasteiger partial charge in [-0.1, -0.05) is 57.9 Å². The van der Waals surface area contributed by atoms with E-state index in [9.17, 15) is 4.79 Å². The van der Waals surface area contributed by atoms with E-state index in [1.165, 1.54) is 6.42 Å². The number of fused-ring (bicyclic) bond motifs is 2. The van der Waals surface area contributed by atoms with Crippen LogP contribution < -0.4 is 9.64 Å². The number of benzene rings is 2. The zero-order valence-corrected chi connectivity index (χ0v) is 27.3. The number of likely N-dealkylation sites (N-methyl/N-ethyl adjacent to an activating group) is 1. The van der Waals surface area contributed by atoms with Crippen molar-refractivity contribution in [1.82, 2.24) is 24.7 Å². The first-order chi connectivity index (χ1) is 21.5. The minimum absolute atomic E-state index is 0.0323. The van der Waals surface area contributed by atoms with Crippen LogP contribution in [0.3, 0.4) is 0 Å². The number of aromatic nitrogens is 2. The lowest BCUT2D eigenvalue weighted by atomic mass is 9.96. The summed E-state index contributed by atoms with van der Waals surface area (Å²) in [5, 5.41) is 3.44. The zero-order valence-electron chi connectivity index (χ0n) is 24.9. The van der Waals surface area contributed by atoms with Gasteiger partial charge in [-0.2, -0.15) is 4.98 Å². The van der Waals surface area contributed by atoms with Crippen LogP contribution in [0.2, 0.25) is 5.02 Å². The molecule has 0 saturated carbocycles. The van der Waals surface area contributed by atoms with E-state index in [1.54, 1.807) is 12.2 Å². The third-order valence-corrected chi connectivity index (χ3v) is 9.80. The molecule has 9 nitrogen and oxygen atoms in total. The van der Waals surface area contributed by atoms with Crippen LogP contribution >= 0.6 is 27.5 Å². The fraction of sp³-hybridized carbons (Fsp3) is 0.455. The summed E-state index contributed by atoms with van der Waals surface area (Å²) < 4.78 is 6.15. The lowest BCUT2D eigenvalue weighted by Crippen LogP contribution is -2.58. The molecule has 1 aromatic heterocycles. The molecule has 0 spiro atoms. The van der Waals surface area contributed by atoms with Gasteiger partial charge in [0.25, 0.3) is 0 Å². The number of piperazine rings is 1. The van der Waals surface area contributed by atoms with Gasteiger partial charge in [-0.05, 0) is 50.0 Å². The maximum absolute atomic E-state index is 13.0. The zero-order chi connectivity index (χ0) is 30.6. The standard InChI is InChI=1S/C33H37BrClN7O2/c1-36-17-25-19-40(15-16-42(25)31(43)12-5-13-34)30-21-41(29-11-4-8-23-7-3-10-27(35)32(23)29)20-28-26(30)18-37-33(38-28)44-22-24-9-6-14-39(24)2/h3-5,7-8,10-12,18,24-25,30H,6,9,13-17,19-22H2,2H3/b12-5+/t24-,25-,30?/m0/s1. The maximum Gasteiger partial charge on any atom is 0.316 e. The Morgan fingerprint density at radius 2 is 2.02 bits per heavy atom. The number of halogens is 2. The Morgan fingerprint density at radius 3 is 2.80 bits per heavy atom. The molecule has 4 heterocycles. The molecular weight excluding hydrogens is 642 g/mol. The lowest BCUT2D eigenvalue weighted by molar-refractivity contribution is -0.130. The van der Waals surface area contributed by atoms with Crippen molar-refractivity contribution < 1.29 is 9.53 Å². The summed E-state index contributed by atoms with van der Waals surface area (Å²) in [6.07, 6.45) is 7.62. The summed E-state index contributed by atoms with van der Waals surface area (Å²) in [6, 6.07) is 12.8. The number of hydrogen-bond acceptors (Lipinski definition) is 7. The molecule has 0 bridgehead atoms. The predicted molar refractivity (Wildman–Crippen MR) is 177 cm³/mol. The lowest BCUT2D eigenvalue weighted by Gasteiger charge is -2.46. The van der Waals surface area contributed by atoms with Crippen molar-refractivity contribution in [2.45, 2.75) is 37.5 Å². The van der Waals surface area contributed by atoms with Crippen molar-refractivity contribution in [3.63, 3.8) is 0 Å². The average molecular weight is 679 g/mol. The Kier molecular flexibility index (Phi) is 9.67. The molecule has 3 aromatic rings.